The topological polar surface area (TPSA) is 86.6 Å². The number of nitrogens with zero attached hydrogens (tertiary/aromatic N) is 2. The maximum atomic E-state index is 15.5. The molecule has 2 bridgehead atoms. The van der Waals surface area contributed by atoms with Crippen LogP contribution in [0.1, 0.15) is 68.6 Å². The Kier molecular flexibility index (Phi) is 6.82. The van der Waals surface area contributed by atoms with Crippen molar-refractivity contribution in [1.29, 1.82) is 5.26 Å². The Morgan fingerprint density at radius 2 is 2.12 bits per heavy atom. The highest BCUT2D eigenvalue weighted by molar-refractivity contribution is 5.83. The summed E-state index contributed by atoms with van der Waals surface area (Å²) in [7, 11) is 0. The fourth-order valence-electron chi connectivity index (χ4n) is 7.99. The van der Waals surface area contributed by atoms with Crippen molar-refractivity contribution in [2.45, 2.75) is 88.2 Å². The Bertz CT molecular complexity index is 1290. The maximum Gasteiger partial charge on any atom is 0.238 e. The molecule has 2 aliphatic carbocycles. The average molecular weight is 547 g/mol. The average Bonchev–Trinajstić information content (AvgIpc) is 3.66. The summed E-state index contributed by atoms with van der Waals surface area (Å²) >= 11 is 0. The van der Waals surface area contributed by atoms with Crippen LogP contribution in [0, 0.1) is 23.2 Å². The quantitative estimate of drug-likeness (QED) is 0.559. The molecule has 1 saturated carbocycles. The van der Waals surface area contributed by atoms with Gasteiger partial charge in [-0.1, -0.05) is 19.1 Å². The van der Waals surface area contributed by atoms with Crippen LogP contribution in [0.2, 0.25) is 0 Å². The molecule has 2 N–H and O–H groups in total. The van der Waals surface area contributed by atoms with Gasteiger partial charge in [-0.2, -0.15) is 5.26 Å². The van der Waals surface area contributed by atoms with Crippen molar-refractivity contribution in [2.24, 2.45) is 11.8 Å². The first kappa shape index (κ1) is 26.3. The highest BCUT2D eigenvalue weighted by Crippen LogP contribution is 2.47. The Balaban J connectivity index is 1.06. The van der Waals surface area contributed by atoms with E-state index in [-0.39, 0.29) is 35.7 Å². The molecular formula is C32H39FN4O3. The Hall–Kier alpha value is -2.57. The normalized spacial score (nSPS) is 32.0. The SMILES string of the molecule is CC1CC(C[C@@H](C#N)NC(=O)[C@H]2N[C@@H]3CC[C@H]2C3)=C(F)C=C1c1ccc2c(c1)C1(CCN(C3COC3)CC1)OC2. The van der Waals surface area contributed by atoms with E-state index in [0.29, 0.717) is 36.6 Å². The number of likely N-dealkylation sites (tertiary alicyclic amines) is 1. The molecule has 40 heavy (non-hydrogen) atoms. The third-order valence-electron chi connectivity index (χ3n) is 10.4. The van der Waals surface area contributed by atoms with Gasteiger partial charge in [-0.05, 0) is 90.3 Å². The number of nitrogens with one attached hydrogen (secondary N) is 2. The fraction of sp³-hybridized carbons (Fsp3) is 0.625. The van der Waals surface area contributed by atoms with Crippen molar-refractivity contribution in [3.05, 3.63) is 52.4 Å². The summed E-state index contributed by atoms with van der Waals surface area (Å²) in [5, 5.41) is 16.0. The number of halogens is 1. The second-order valence-electron chi connectivity index (χ2n) is 12.8. The lowest BCUT2D eigenvalue weighted by Gasteiger charge is -2.45. The third kappa shape index (κ3) is 4.61. The number of piperidine rings is 2. The number of hydrogen-bond donors (Lipinski definition) is 2. The fourth-order valence-corrected chi connectivity index (χ4v) is 7.99. The van der Waals surface area contributed by atoms with Crippen LogP contribution in [0.4, 0.5) is 4.39 Å². The standard InChI is InChI=1S/C32H39FN4O3/c1-19-10-23(12-25(15-34)36-31(38)30-21-4-5-24(11-21)35-30)29(33)14-27(19)20-2-3-22-16-40-32(28(22)13-20)6-8-37(9-7-32)26-17-39-18-26/h2-3,13-14,19,21,24-26,30,35H,4-12,16-18H2,1H3,(H,36,38)/t19?,21-,24+,25-,30-/m0/s1. The third-order valence-corrected chi connectivity index (χ3v) is 10.4. The molecule has 7 nitrogen and oxygen atoms in total. The maximum absolute atomic E-state index is 15.5. The molecule has 1 amide bonds. The van der Waals surface area contributed by atoms with Crippen LogP contribution in [0.3, 0.4) is 0 Å². The summed E-state index contributed by atoms with van der Waals surface area (Å²) < 4.78 is 27.4. The van der Waals surface area contributed by atoms with Crippen LogP contribution < -0.4 is 10.6 Å². The minimum atomic E-state index is -0.731. The van der Waals surface area contributed by atoms with Crippen LogP contribution in [-0.4, -0.2) is 61.3 Å². The minimum Gasteiger partial charge on any atom is -0.378 e. The lowest BCUT2D eigenvalue weighted by molar-refractivity contribution is -0.124. The predicted molar refractivity (Wildman–Crippen MR) is 148 cm³/mol. The van der Waals surface area contributed by atoms with E-state index >= 15 is 4.39 Å². The van der Waals surface area contributed by atoms with Gasteiger partial charge in [-0.15, -0.1) is 0 Å². The smallest absolute Gasteiger partial charge is 0.238 e. The van der Waals surface area contributed by atoms with Gasteiger partial charge < -0.3 is 20.1 Å². The first-order chi connectivity index (χ1) is 19.4. The van der Waals surface area contributed by atoms with Gasteiger partial charge in [0.15, 0.2) is 0 Å². The number of ether oxygens (including phenoxy) is 2. The number of rotatable bonds is 6. The Morgan fingerprint density at radius 3 is 2.80 bits per heavy atom. The molecule has 8 heteroatoms. The van der Waals surface area contributed by atoms with Gasteiger partial charge >= 0.3 is 0 Å². The van der Waals surface area contributed by atoms with E-state index in [2.05, 4.69) is 46.7 Å². The van der Waals surface area contributed by atoms with Crippen LogP contribution in [0.5, 0.6) is 0 Å². The highest BCUT2D eigenvalue weighted by atomic mass is 19.1. The highest BCUT2D eigenvalue weighted by Gasteiger charge is 2.45. The van der Waals surface area contributed by atoms with Gasteiger partial charge in [0.2, 0.25) is 5.91 Å². The summed E-state index contributed by atoms with van der Waals surface area (Å²) in [6, 6.07) is 8.70. The monoisotopic (exact) mass is 546 g/mol. The summed E-state index contributed by atoms with van der Waals surface area (Å²) in [5.74, 6) is 0.0555. The molecule has 1 aromatic carbocycles. The minimum absolute atomic E-state index is 0.105. The molecule has 212 valence electrons. The van der Waals surface area contributed by atoms with Gasteiger partial charge in [0.1, 0.15) is 11.9 Å². The Morgan fingerprint density at radius 1 is 1.30 bits per heavy atom. The van der Waals surface area contributed by atoms with E-state index in [1.807, 2.05) is 0 Å². The molecule has 4 fully saturated rings. The van der Waals surface area contributed by atoms with E-state index in [9.17, 15) is 10.1 Å². The predicted octanol–water partition coefficient (Wildman–Crippen LogP) is 4.09. The number of benzene rings is 1. The number of nitriles is 1. The number of allylic oxidation sites excluding steroid dienone is 3. The molecule has 6 aliphatic rings. The zero-order chi connectivity index (χ0) is 27.4. The molecule has 4 heterocycles. The lowest BCUT2D eigenvalue weighted by atomic mass is 9.79. The van der Waals surface area contributed by atoms with Gasteiger partial charge in [0.25, 0.3) is 0 Å². The first-order valence-electron chi connectivity index (χ1n) is 15.1. The number of fused-ring (bicyclic) bond motifs is 4. The molecule has 4 aliphatic heterocycles. The largest absolute Gasteiger partial charge is 0.378 e. The second-order valence-corrected chi connectivity index (χ2v) is 12.8. The Labute approximate surface area is 235 Å². The lowest BCUT2D eigenvalue weighted by Crippen LogP contribution is -2.54. The molecule has 1 spiro atoms. The van der Waals surface area contributed by atoms with Crippen LogP contribution >= 0.6 is 0 Å². The summed E-state index contributed by atoms with van der Waals surface area (Å²) in [5.41, 5.74) is 4.89. The van der Waals surface area contributed by atoms with Gasteiger partial charge in [0, 0.05) is 25.6 Å². The number of carbonyl (C=O) groups is 1. The number of carbonyl (C=O) groups excluding carboxylic acids is 1. The van der Waals surface area contributed by atoms with Crippen molar-refractivity contribution in [2.75, 3.05) is 26.3 Å². The summed E-state index contributed by atoms with van der Waals surface area (Å²) in [6.45, 7) is 6.44. The van der Waals surface area contributed by atoms with Crippen molar-refractivity contribution in [3.8, 4) is 6.07 Å². The first-order valence-corrected chi connectivity index (χ1v) is 15.1. The molecule has 0 radical (unpaired) electrons. The van der Waals surface area contributed by atoms with E-state index < -0.39 is 6.04 Å². The second kappa shape index (κ2) is 10.4. The molecule has 1 aromatic rings. The van der Waals surface area contributed by atoms with E-state index in [0.717, 1.165) is 69.5 Å². The summed E-state index contributed by atoms with van der Waals surface area (Å²) in [6.07, 6.45) is 7.54. The van der Waals surface area contributed by atoms with Crippen LogP contribution in [-0.2, 0) is 26.5 Å². The van der Waals surface area contributed by atoms with E-state index in [1.54, 1.807) is 6.08 Å². The molecule has 7 rings (SSSR count). The zero-order valence-electron chi connectivity index (χ0n) is 23.3. The van der Waals surface area contributed by atoms with Crippen molar-refractivity contribution >= 4 is 11.5 Å². The molecular weight excluding hydrogens is 507 g/mol. The van der Waals surface area contributed by atoms with E-state index in [4.69, 9.17) is 9.47 Å². The molecule has 1 unspecified atom stereocenters. The van der Waals surface area contributed by atoms with Gasteiger partial charge in [-0.3, -0.25) is 9.69 Å². The van der Waals surface area contributed by atoms with Crippen molar-refractivity contribution in [1.82, 2.24) is 15.5 Å². The van der Waals surface area contributed by atoms with Gasteiger partial charge in [0.05, 0.1) is 43.6 Å². The van der Waals surface area contributed by atoms with E-state index in [1.165, 1.54) is 11.1 Å². The number of hydrogen-bond acceptors (Lipinski definition) is 6. The van der Waals surface area contributed by atoms with Crippen molar-refractivity contribution < 1.29 is 18.7 Å². The molecule has 5 atom stereocenters. The number of amides is 1. The molecule has 0 aromatic heterocycles. The van der Waals surface area contributed by atoms with Crippen LogP contribution in [0.25, 0.3) is 5.57 Å². The molecule has 3 saturated heterocycles. The zero-order valence-corrected chi connectivity index (χ0v) is 23.3. The van der Waals surface area contributed by atoms with Crippen molar-refractivity contribution in [3.63, 3.8) is 0 Å². The summed E-state index contributed by atoms with van der Waals surface area (Å²) in [4.78, 5) is 15.4. The van der Waals surface area contributed by atoms with Gasteiger partial charge in [-0.25, -0.2) is 4.39 Å². The van der Waals surface area contributed by atoms with Crippen LogP contribution in [0.15, 0.2) is 35.7 Å².